The van der Waals surface area contributed by atoms with Gasteiger partial charge < -0.3 is 15.6 Å². The molecule has 4 heteroatoms. The molecule has 1 aromatic rings. The lowest BCUT2D eigenvalue weighted by molar-refractivity contribution is 0.145. The molecule has 1 aliphatic heterocycles. The number of halogens is 1. The second-order valence-electron chi connectivity index (χ2n) is 3.43. The van der Waals surface area contributed by atoms with E-state index < -0.39 is 6.10 Å². The van der Waals surface area contributed by atoms with Crippen molar-refractivity contribution < 1.29 is 9.84 Å². The molecule has 0 saturated heterocycles. The first-order valence-electron chi connectivity index (χ1n) is 4.54. The van der Waals surface area contributed by atoms with Crippen LogP contribution in [0.3, 0.4) is 0 Å². The van der Waals surface area contributed by atoms with E-state index in [9.17, 15) is 5.11 Å². The van der Waals surface area contributed by atoms with Gasteiger partial charge in [-0.2, -0.15) is 0 Å². The van der Waals surface area contributed by atoms with Crippen LogP contribution in [0, 0.1) is 0 Å². The van der Waals surface area contributed by atoms with E-state index in [1.54, 1.807) is 18.2 Å². The van der Waals surface area contributed by atoms with Crippen LogP contribution >= 0.6 is 11.6 Å². The van der Waals surface area contributed by atoms with Crippen molar-refractivity contribution in [1.82, 2.24) is 0 Å². The molecule has 76 valence electrons. The summed E-state index contributed by atoms with van der Waals surface area (Å²) in [6.45, 7) is 0.535. The van der Waals surface area contributed by atoms with Crippen LogP contribution in [0.1, 0.15) is 18.1 Å². The zero-order valence-electron chi connectivity index (χ0n) is 7.61. The van der Waals surface area contributed by atoms with Crippen LogP contribution in [0.15, 0.2) is 18.2 Å². The summed E-state index contributed by atoms with van der Waals surface area (Å²) in [5.74, 6) is 0.676. The van der Waals surface area contributed by atoms with Crippen molar-refractivity contribution >= 4 is 11.6 Å². The van der Waals surface area contributed by atoms with Gasteiger partial charge in [0, 0.05) is 16.6 Å². The van der Waals surface area contributed by atoms with Crippen LogP contribution in [-0.2, 0) is 0 Å². The fourth-order valence-electron chi connectivity index (χ4n) is 1.58. The van der Waals surface area contributed by atoms with Crippen LogP contribution in [0.4, 0.5) is 0 Å². The van der Waals surface area contributed by atoms with E-state index in [0.717, 1.165) is 0 Å². The van der Waals surface area contributed by atoms with E-state index in [0.29, 0.717) is 29.4 Å². The summed E-state index contributed by atoms with van der Waals surface area (Å²) >= 11 is 5.84. The van der Waals surface area contributed by atoms with Gasteiger partial charge >= 0.3 is 0 Å². The van der Waals surface area contributed by atoms with Crippen LogP contribution in [0.25, 0.3) is 0 Å². The van der Waals surface area contributed by atoms with Gasteiger partial charge in [-0.3, -0.25) is 0 Å². The van der Waals surface area contributed by atoms with Gasteiger partial charge in [-0.25, -0.2) is 0 Å². The normalized spacial score (nSPS) is 26.2. The Hall–Kier alpha value is -0.770. The van der Waals surface area contributed by atoms with Gasteiger partial charge in [-0.1, -0.05) is 11.6 Å². The number of ether oxygens (including phenoxy) is 1. The van der Waals surface area contributed by atoms with Crippen LogP contribution in [0.2, 0.25) is 5.02 Å². The Balaban J connectivity index is 2.44. The summed E-state index contributed by atoms with van der Waals surface area (Å²) in [6.07, 6.45) is -0.0424. The van der Waals surface area contributed by atoms with Gasteiger partial charge in [-0.15, -0.1) is 0 Å². The molecular formula is C10H12ClNO2. The third-order valence-corrected chi connectivity index (χ3v) is 2.64. The summed E-state index contributed by atoms with van der Waals surface area (Å²) in [7, 11) is 0. The lowest BCUT2D eigenvalue weighted by Crippen LogP contribution is -2.28. The summed E-state index contributed by atoms with van der Waals surface area (Å²) in [5, 5.41) is 10.5. The number of aliphatic hydroxyl groups excluding tert-OH is 1. The van der Waals surface area contributed by atoms with Gasteiger partial charge in [0.2, 0.25) is 0 Å². The van der Waals surface area contributed by atoms with Crippen molar-refractivity contribution in [2.75, 3.05) is 6.61 Å². The minimum atomic E-state index is -0.689. The number of nitrogens with two attached hydrogens (primary N) is 1. The molecule has 3 nitrogen and oxygen atoms in total. The first kappa shape index (κ1) is 9.77. The third-order valence-electron chi connectivity index (χ3n) is 2.40. The molecule has 3 N–H and O–H groups in total. The Kier molecular flexibility index (Phi) is 2.63. The molecule has 14 heavy (non-hydrogen) atoms. The Bertz CT molecular complexity index is 343. The minimum absolute atomic E-state index is 0.283. The van der Waals surface area contributed by atoms with Crippen molar-refractivity contribution in [3.63, 3.8) is 0 Å². The van der Waals surface area contributed by atoms with Crippen LogP contribution in [-0.4, -0.2) is 17.8 Å². The van der Waals surface area contributed by atoms with E-state index in [1.165, 1.54) is 0 Å². The highest BCUT2D eigenvalue weighted by atomic mass is 35.5. The van der Waals surface area contributed by atoms with Gasteiger partial charge in [-0.05, 0) is 24.6 Å². The molecule has 0 saturated carbocycles. The van der Waals surface area contributed by atoms with Gasteiger partial charge in [0.1, 0.15) is 5.75 Å². The molecule has 1 heterocycles. The molecule has 0 bridgehead atoms. The molecule has 0 aromatic heterocycles. The van der Waals surface area contributed by atoms with E-state index in [4.69, 9.17) is 22.1 Å². The fourth-order valence-corrected chi connectivity index (χ4v) is 1.76. The first-order valence-corrected chi connectivity index (χ1v) is 4.92. The maximum absolute atomic E-state index is 9.87. The molecule has 0 radical (unpaired) electrons. The van der Waals surface area contributed by atoms with Crippen molar-refractivity contribution in [1.29, 1.82) is 0 Å². The number of hydrogen-bond acceptors (Lipinski definition) is 3. The van der Waals surface area contributed by atoms with E-state index in [1.807, 2.05) is 0 Å². The van der Waals surface area contributed by atoms with Crippen molar-refractivity contribution in [3.05, 3.63) is 28.8 Å². The highest BCUT2D eigenvalue weighted by Gasteiger charge is 2.24. The van der Waals surface area contributed by atoms with E-state index >= 15 is 0 Å². The number of rotatable bonds is 0. The third kappa shape index (κ3) is 1.71. The number of benzene rings is 1. The van der Waals surface area contributed by atoms with Crippen LogP contribution in [0.5, 0.6) is 5.75 Å². The number of aliphatic hydroxyl groups is 1. The van der Waals surface area contributed by atoms with Crippen molar-refractivity contribution in [2.24, 2.45) is 5.73 Å². The second-order valence-corrected chi connectivity index (χ2v) is 3.86. The maximum Gasteiger partial charge on any atom is 0.125 e. The first-order chi connectivity index (χ1) is 6.68. The number of fused-ring (bicyclic) bond motifs is 1. The monoisotopic (exact) mass is 213 g/mol. The number of hydrogen-bond donors (Lipinski definition) is 2. The maximum atomic E-state index is 9.87. The molecular weight excluding hydrogens is 202 g/mol. The molecule has 0 amide bonds. The molecule has 0 aliphatic carbocycles. The van der Waals surface area contributed by atoms with Gasteiger partial charge in [0.25, 0.3) is 0 Å². The molecule has 0 unspecified atom stereocenters. The van der Waals surface area contributed by atoms with E-state index in [2.05, 4.69) is 0 Å². The average molecular weight is 214 g/mol. The second kappa shape index (κ2) is 3.77. The Morgan fingerprint density at radius 3 is 3.07 bits per heavy atom. The molecule has 2 atom stereocenters. The minimum Gasteiger partial charge on any atom is -0.493 e. The lowest BCUT2D eigenvalue weighted by atomic mass is 10.0. The molecule has 1 aromatic carbocycles. The molecule has 1 aliphatic rings. The SMILES string of the molecule is N[C@H]1CCOc2ccc(Cl)cc2[C@H]1O. The fraction of sp³-hybridized carbons (Fsp3) is 0.400. The van der Waals surface area contributed by atoms with E-state index in [-0.39, 0.29) is 6.04 Å². The summed E-state index contributed by atoms with van der Waals surface area (Å²) in [5.41, 5.74) is 6.45. The zero-order chi connectivity index (χ0) is 10.1. The smallest absolute Gasteiger partial charge is 0.125 e. The molecule has 0 fully saturated rings. The lowest BCUT2D eigenvalue weighted by Gasteiger charge is -2.15. The Morgan fingerprint density at radius 1 is 1.50 bits per heavy atom. The Labute approximate surface area is 87.4 Å². The quantitative estimate of drug-likeness (QED) is 0.687. The predicted octanol–water partition coefficient (Wildman–Crippen LogP) is 1.48. The standard InChI is InChI=1S/C10H12ClNO2/c11-6-1-2-9-7(5-6)10(13)8(12)3-4-14-9/h1-2,5,8,10,13H,3-4,12H2/t8-,10+/m0/s1. The summed E-state index contributed by atoms with van der Waals surface area (Å²) in [4.78, 5) is 0. The average Bonchev–Trinajstić information content (AvgIpc) is 2.30. The van der Waals surface area contributed by atoms with Crippen LogP contribution < -0.4 is 10.5 Å². The van der Waals surface area contributed by atoms with Crippen molar-refractivity contribution in [2.45, 2.75) is 18.6 Å². The Morgan fingerprint density at radius 2 is 2.29 bits per heavy atom. The molecule has 2 rings (SSSR count). The largest absolute Gasteiger partial charge is 0.493 e. The van der Waals surface area contributed by atoms with Gasteiger partial charge in [0.05, 0.1) is 12.7 Å². The zero-order valence-corrected chi connectivity index (χ0v) is 8.37. The van der Waals surface area contributed by atoms with Gasteiger partial charge in [0.15, 0.2) is 0 Å². The topological polar surface area (TPSA) is 55.5 Å². The predicted molar refractivity (Wildman–Crippen MR) is 54.5 cm³/mol. The highest BCUT2D eigenvalue weighted by Crippen LogP contribution is 2.32. The summed E-state index contributed by atoms with van der Waals surface area (Å²) in [6, 6.07) is 4.92. The summed E-state index contributed by atoms with van der Waals surface area (Å²) < 4.78 is 5.45. The molecule has 0 spiro atoms. The highest BCUT2D eigenvalue weighted by molar-refractivity contribution is 6.30. The van der Waals surface area contributed by atoms with Crippen molar-refractivity contribution in [3.8, 4) is 5.75 Å².